The lowest BCUT2D eigenvalue weighted by atomic mass is 10.2. The number of morpholine rings is 1. The minimum absolute atomic E-state index is 0.262. The van der Waals surface area contributed by atoms with Gasteiger partial charge in [-0.25, -0.2) is 15.0 Å². The summed E-state index contributed by atoms with van der Waals surface area (Å²) in [5, 5.41) is 4.28. The van der Waals surface area contributed by atoms with Crippen LogP contribution in [-0.2, 0) is 18.3 Å². The number of ether oxygens (including phenoxy) is 1. The molecule has 4 heterocycles. The average molecular weight is 341 g/mol. The fourth-order valence-corrected chi connectivity index (χ4v) is 3.42. The van der Waals surface area contributed by atoms with Crippen molar-refractivity contribution >= 4 is 17.0 Å². The Balaban J connectivity index is 1.96. The van der Waals surface area contributed by atoms with Crippen LogP contribution in [0.1, 0.15) is 19.7 Å². The van der Waals surface area contributed by atoms with E-state index in [1.165, 1.54) is 0 Å². The van der Waals surface area contributed by atoms with Crippen LogP contribution >= 0.6 is 0 Å². The van der Waals surface area contributed by atoms with Gasteiger partial charge in [-0.3, -0.25) is 4.68 Å². The van der Waals surface area contributed by atoms with E-state index in [1.807, 2.05) is 24.7 Å². The topological polar surface area (TPSA) is 73.9 Å². The molecule has 0 bridgehead atoms. The Morgan fingerprint density at radius 2 is 2.12 bits per heavy atom. The molecule has 0 aliphatic carbocycles. The Hall–Kier alpha value is -2.48. The van der Waals surface area contributed by atoms with Crippen molar-refractivity contribution in [2.24, 2.45) is 7.05 Å². The Morgan fingerprint density at radius 1 is 1.28 bits per heavy atom. The van der Waals surface area contributed by atoms with Gasteiger partial charge in [0, 0.05) is 26.3 Å². The maximum absolute atomic E-state index is 5.58. The van der Waals surface area contributed by atoms with Crippen LogP contribution in [0.2, 0.25) is 0 Å². The highest BCUT2D eigenvalue weighted by atomic mass is 16.5. The van der Waals surface area contributed by atoms with Crippen LogP contribution in [0.5, 0.6) is 0 Å². The molecule has 0 N–H and O–H groups in total. The average Bonchev–Trinajstić information content (AvgIpc) is 3.17. The quantitative estimate of drug-likeness (QED) is 0.723. The number of nitrogens with zero attached hydrogens (tertiary/aromatic N) is 7. The Morgan fingerprint density at radius 3 is 2.80 bits per heavy atom. The number of aromatic nitrogens is 6. The number of hydrogen-bond donors (Lipinski definition) is 0. The van der Waals surface area contributed by atoms with Crippen molar-refractivity contribution in [2.45, 2.75) is 33.4 Å². The molecule has 0 radical (unpaired) electrons. The summed E-state index contributed by atoms with van der Waals surface area (Å²) >= 11 is 0. The summed E-state index contributed by atoms with van der Waals surface area (Å²) in [6.45, 7) is 9.20. The van der Waals surface area contributed by atoms with Crippen LogP contribution in [0.3, 0.4) is 0 Å². The van der Waals surface area contributed by atoms with Gasteiger partial charge in [0.25, 0.3) is 0 Å². The van der Waals surface area contributed by atoms with Gasteiger partial charge in [0.2, 0.25) is 0 Å². The molecule has 1 aliphatic heterocycles. The Labute approximate surface area is 146 Å². The molecule has 0 amide bonds. The monoisotopic (exact) mass is 341 g/mol. The molecule has 8 heteroatoms. The van der Waals surface area contributed by atoms with Crippen molar-refractivity contribution in [2.75, 3.05) is 24.7 Å². The molecule has 4 rings (SSSR count). The first-order chi connectivity index (χ1) is 12.1. The molecular weight excluding hydrogens is 318 g/mol. The van der Waals surface area contributed by atoms with E-state index in [4.69, 9.17) is 14.7 Å². The maximum Gasteiger partial charge on any atom is 0.166 e. The number of rotatable bonds is 3. The molecule has 1 fully saturated rings. The summed E-state index contributed by atoms with van der Waals surface area (Å²) in [4.78, 5) is 16.6. The Bertz CT molecular complexity index is 913. The standard InChI is InChI=1S/C17H23N7O/c1-5-23-15(13-6-7-18-22(13)4)21-14-16(23)19-12(3)20-17(14)24-8-9-25-10-11(24)2/h6-7,11H,5,8-10H2,1-4H3. The van der Waals surface area contributed by atoms with E-state index in [2.05, 4.69) is 33.4 Å². The smallest absolute Gasteiger partial charge is 0.166 e. The molecule has 3 aromatic rings. The van der Waals surface area contributed by atoms with E-state index in [0.717, 1.165) is 47.4 Å². The first kappa shape index (κ1) is 16.0. The van der Waals surface area contributed by atoms with Gasteiger partial charge in [0.15, 0.2) is 22.8 Å². The third-order valence-electron chi connectivity index (χ3n) is 4.69. The fraction of sp³-hybridized carbons (Fsp3) is 0.529. The van der Waals surface area contributed by atoms with E-state index >= 15 is 0 Å². The van der Waals surface area contributed by atoms with E-state index in [-0.39, 0.29) is 6.04 Å². The highest BCUT2D eigenvalue weighted by molar-refractivity contribution is 5.87. The molecule has 25 heavy (non-hydrogen) atoms. The Kier molecular flexibility index (Phi) is 3.91. The lowest BCUT2D eigenvalue weighted by Crippen LogP contribution is -2.44. The second-order valence-electron chi connectivity index (χ2n) is 6.40. The highest BCUT2D eigenvalue weighted by Gasteiger charge is 2.26. The van der Waals surface area contributed by atoms with E-state index in [0.29, 0.717) is 13.2 Å². The molecule has 8 nitrogen and oxygen atoms in total. The molecular formula is C17H23N7O. The second-order valence-corrected chi connectivity index (χ2v) is 6.40. The summed E-state index contributed by atoms with van der Waals surface area (Å²) in [7, 11) is 1.93. The van der Waals surface area contributed by atoms with E-state index < -0.39 is 0 Å². The number of hydrogen-bond acceptors (Lipinski definition) is 6. The van der Waals surface area contributed by atoms with Crippen molar-refractivity contribution in [3.8, 4) is 11.5 Å². The SMILES string of the molecule is CCn1c(-c2ccnn2C)nc2c(N3CCOCC3C)nc(C)nc21. The summed E-state index contributed by atoms with van der Waals surface area (Å²) in [6, 6.07) is 2.24. The van der Waals surface area contributed by atoms with Crippen molar-refractivity contribution in [3.05, 3.63) is 18.1 Å². The predicted octanol–water partition coefficient (Wildman–Crippen LogP) is 1.78. The maximum atomic E-state index is 5.58. The van der Waals surface area contributed by atoms with Gasteiger partial charge in [0.1, 0.15) is 11.5 Å². The molecule has 0 aromatic carbocycles. The normalized spacial score (nSPS) is 18.2. The first-order valence-corrected chi connectivity index (χ1v) is 8.67. The lowest BCUT2D eigenvalue weighted by molar-refractivity contribution is 0.0986. The van der Waals surface area contributed by atoms with Gasteiger partial charge in [-0.2, -0.15) is 5.10 Å². The molecule has 1 atom stereocenters. The molecule has 3 aromatic heterocycles. The van der Waals surface area contributed by atoms with Crippen molar-refractivity contribution < 1.29 is 4.74 Å². The number of aryl methyl sites for hydroxylation is 3. The van der Waals surface area contributed by atoms with Gasteiger partial charge in [-0.05, 0) is 26.8 Å². The lowest BCUT2D eigenvalue weighted by Gasteiger charge is -2.34. The zero-order valence-electron chi connectivity index (χ0n) is 15.1. The molecule has 0 saturated carbocycles. The van der Waals surface area contributed by atoms with Crippen LogP contribution in [0, 0.1) is 6.92 Å². The van der Waals surface area contributed by atoms with Crippen LogP contribution < -0.4 is 4.90 Å². The summed E-state index contributed by atoms with van der Waals surface area (Å²) < 4.78 is 9.55. The number of imidazole rings is 1. The molecule has 0 spiro atoms. The third-order valence-corrected chi connectivity index (χ3v) is 4.69. The second kappa shape index (κ2) is 6.11. The predicted molar refractivity (Wildman–Crippen MR) is 95.6 cm³/mol. The molecule has 1 aliphatic rings. The van der Waals surface area contributed by atoms with Gasteiger partial charge < -0.3 is 14.2 Å². The van der Waals surface area contributed by atoms with Crippen LogP contribution in [-0.4, -0.2) is 55.1 Å². The number of anilines is 1. The van der Waals surface area contributed by atoms with Crippen molar-refractivity contribution in [3.63, 3.8) is 0 Å². The summed E-state index contributed by atoms with van der Waals surface area (Å²) in [5.74, 6) is 2.53. The van der Waals surface area contributed by atoms with Gasteiger partial charge in [0.05, 0.1) is 19.3 Å². The summed E-state index contributed by atoms with van der Waals surface area (Å²) in [6.07, 6.45) is 1.79. The van der Waals surface area contributed by atoms with Crippen molar-refractivity contribution in [1.29, 1.82) is 0 Å². The van der Waals surface area contributed by atoms with E-state index in [1.54, 1.807) is 6.20 Å². The third kappa shape index (κ3) is 2.57. The van der Waals surface area contributed by atoms with E-state index in [9.17, 15) is 0 Å². The molecule has 1 saturated heterocycles. The van der Waals surface area contributed by atoms with Gasteiger partial charge >= 0.3 is 0 Å². The first-order valence-electron chi connectivity index (χ1n) is 8.67. The highest BCUT2D eigenvalue weighted by Crippen LogP contribution is 2.30. The van der Waals surface area contributed by atoms with Gasteiger partial charge in [-0.15, -0.1) is 0 Å². The minimum Gasteiger partial charge on any atom is -0.377 e. The molecule has 1 unspecified atom stereocenters. The number of fused-ring (bicyclic) bond motifs is 1. The molecule has 132 valence electrons. The van der Waals surface area contributed by atoms with Crippen LogP contribution in [0.4, 0.5) is 5.82 Å². The van der Waals surface area contributed by atoms with Gasteiger partial charge in [-0.1, -0.05) is 0 Å². The minimum atomic E-state index is 0.262. The largest absolute Gasteiger partial charge is 0.377 e. The zero-order chi connectivity index (χ0) is 17.6. The summed E-state index contributed by atoms with van der Waals surface area (Å²) in [5.41, 5.74) is 2.69. The fourth-order valence-electron chi connectivity index (χ4n) is 3.42. The van der Waals surface area contributed by atoms with Crippen LogP contribution in [0.25, 0.3) is 22.7 Å². The van der Waals surface area contributed by atoms with Crippen molar-refractivity contribution in [1.82, 2.24) is 29.3 Å². The van der Waals surface area contributed by atoms with Crippen LogP contribution in [0.15, 0.2) is 12.3 Å². The zero-order valence-corrected chi connectivity index (χ0v) is 15.1.